The van der Waals surface area contributed by atoms with Crippen LogP contribution in [-0.2, 0) is 6.54 Å². The molecule has 1 N–H and O–H groups in total. The van der Waals surface area contributed by atoms with E-state index in [9.17, 15) is 0 Å². The highest BCUT2D eigenvalue weighted by Crippen LogP contribution is 2.30. The average molecular weight is 289 g/mol. The van der Waals surface area contributed by atoms with Crippen LogP contribution in [0.4, 0.5) is 5.82 Å². The summed E-state index contributed by atoms with van der Waals surface area (Å²) in [6, 6.07) is 5.05. The van der Waals surface area contributed by atoms with Crippen molar-refractivity contribution in [3.05, 3.63) is 23.4 Å². The molecule has 3 heteroatoms. The van der Waals surface area contributed by atoms with Crippen LogP contribution in [-0.4, -0.2) is 24.1 Å². The van der Waals surface area contributed by atoms with E-state index < -0.39 is 0 Å². The maximum absolute atomic E-state index is 4.80. The standard InChI is InChI=1S/C18H31N3/c1-6-7-19-11-17-9-15(4)20-18(10-17)21-12-13(2)8-14(3)16(21)5/h9-10,13-14,16,19H,6-8,11-12H2,1-5H3. The number of nitrogens with one attached hydrogen (secondary N) is 1. The highest BCUT2D eigenvalue weighted by atomic mass is 15.2. The molecule has 1 fully saturated rings. The predicted molar refractivity (Wildman–Crippen MR) is 90.7 cm³/mol. The van der Waals surface area contributed by atoms with Crippen LogP contribution in [0.3, 0.4) is 0 Å². The number of anilines is 1. The first kappa shape index (κ1) is 16.3. The number of aromatic nitrogens is 1. The SMILES string of the molecule is CCCNCc1cc(C)nc(N2CC(C)CC(C)C2C)c1. The summed E-state index contributed by atoms with van der Waals surface area (Å²) in [6.07, 6.45) is 2.50. The van der Waals surface area contributed by atoms with E-state index in [4.69, 9.17) is 4.98 Å². The van der Waals surface area contributed by atoms with E-state index in [1.807, 2.05) is 0 Å². The van der Waals surface area contributed by atoms with Crippen LogP contribution in [0.2, 0.25) is 0 Å². The van der Waals surface area contributed by atoms with Crippen molar-refractivity contribution >= 4 is 5.82 Å². The first-order valence-corrected chi connectivity index (χ1v) is 8.46. The maximum atomic E-state index is 4.80. The summed E-state index contributed by atoms with van der Waals surface area (Å²) in [5.41, 5.74) is 2.47. The van der Waals surface area contributed by atoms with Crippen molar-refractivity contribution in [2.75, 3.05) is 18.0 Å². The van der Waals surface area contributed by atoms with Gasteiger partial charge in [-0.05, 0) is 62.8 Å². The molecule has 21 heavy (non-hydrogen) atoms. The van der Waals surface area contributed by atoms with Gasteiger partial charge in [0.05, 0.1) is 0 Å². The van der Waals surface area contributed by atoms with Gasteiger partial charge in [0, 0.05) is 24.8 Å². The lowest BCUT2D eigenvalue weighted by atomic mass is 9.86. The Bertz CT molecular complexity index is 458. The van der Waals surface area contributed by atoms with Gasteiger partial charge < -0.3 is 10.2 Å². The normalized spacial score (nSPS) is 26.1. The minimum absolute atomic E-state index is 0.576. The van der Waals surface area contributed by atoms with E-state index in [1.54, 1.807) is 0 Å². The number of rotatable bonds is 5. The largest absolute Gasteiger partial charge is 0.353 e. The molecule has 1 aromatic rings. The summed E-state index contributed by atoms with van der Waals surface area (Å²) in [7, 11) is 0. The second kappa shape index (κ2) is 7.26. The molecule has 0 radical (unpaired) electrons. The van der Waals surface area contributed by atoms with Crippen molar-refractivity contribution in [2.24, 2.45) is 11.8 Å². The number of hydrogen-bond donors (Lipinski definition) is 1. The highest BCUT2D eigenvalue weighted by Gasteiger charge is 2.29. The van der Waals surface area contributed by atoms with E-state index in [2.05, 4.69) is 57.0 Å². The molecule has 2 heterocycles. The van der Waals surface area contributed by atoms with E-state index in [-0.39, 0.29) is 0 Å². The van der Waals surface area contributed by atoms with Crippen LogP contribution in [0.5, 0.6) is 0 Å². The van der Waals surface area contributed by atoms with Crippen LogP contribution >= 0.6 is 0 Å². The molecule has 0 saturated carbocycles. The third-order valence-electron chi connectivity index (χ3n) is 4.65. The summed E-state index contributed by atoms with van der Waals surface area (Å²) in [5, 5.41) is 3.49. The Kier molecular flexibility index (Phi) is 5.63. The van der Waals surface area contributed by atoms with Crippen LogP contribution in [0, 0.1) is 18.8 Å². The summed E-state index contributed by atoms with van der Waals surface area (Å²) in [5.74, 6) is 2.65. The van der Waals surface area contributed by atoms with Crippen molar-refractivity contribution in [1.82, 2.24) is 10.3 Å². The third kappa shape index (κ3) is 4.19. The molecule has 0 spiro atoms. The number of hydrogen-bond acceptors (Lipinski definition) is 3. The second-order valence-electron chi connectivity index (χ2n) is 6.86. The average Bonchev–Trinajstić information content (AvgIpc) is 2.42. The molecule has 3 atom stereocenters. The third-order valence-corrected chi connectivity index (χ3v) is 4.65. The van der Waals surface area contributed by atoms with Gasteiger partial charge in [0.15, 0.2) is 0 Å². The van der Waals surface area contributed by atoms with Gasteiger partial charge in [0.2, 0.25) is 0 Å². The molecule has 2 rings (SSSR count). The van der Waals surface area contributed by atoms with Crippen LogP contribution < -0.4 is 10.2 Å². The van der Waals surface area contributed by atoms with Gasteiger partial charge in [0.25, 0.3) is 0 Å². The number of aryl methyl sites for hydroxylation is 1. The molecule has 118 valence electrons. The summed E-state index contributed by atoms with van der Waals surface area (Å²) >= 11 is 0. The quantitative estimate of drug-likeness (QED) is 0.837. The molecule has 0 aromatic carbocycles. The Balaban J connectivity index is 2.17. The molecule has 3 unspecified atom stereocenters. The fraction of sp³-hybridized carbons (Fsp3) is 0.722. The lowest BCUT2D eigenvalue weighted by molar-refractivity contribution is 0.295. The van der Waals surface area contributed by atoms with Crippen molar-refractivity contribution in [3.8, 4) is 0 Å². The van der Waals surface area contributed by atoms with Gasteiger partial charge in [-0.3, -0.25) is 0 Å². The maximum Gasteiger partial charge on any atom is 0.129 e. The lowest BCUT2D eigenvalue weighted by Crippen LogP contribution is -2.46. The second-order valence-corrected chi connectivity index (χ2v) is 6.86. The molecule has 1 aromatic heterocycles. The zero-order valence-corrected chi connectivity index (χ0v) is 14.3. The van der Waals surface area contributed by atoms with Crippen molar-refractivity contribution in [3.63, 3.8) is 0 Å². The molecule has 1 aliphatic rings. The molecule has 0 amide bonds. The van der Waals surface area contributed by atoms with E-state index >= 15 is 0 Å². The zero-order chi connectivity index (χ0) is 15.4. The van der Waals surface area contributed by atoms with Crippen molar-refractivity contribution in [1.29, 1.82) is 0 Å². The molecular formula is C18H31N3. The van der Waals surface area contributed by atoms with Crippen LogP contribution in [0.25, 0.3) is 0 Å². The monoisotopic (exact) mass is 289 g/mol. The predicted octanol–water partition coefficient (Wildman–Crippen LogP) is 3.76. The van der Waals surface area contributed by atoms with Gasteiger partial charge in [-0.15, -0.1) is 0 Å². The van der Waals surface area contributed by atoms with Gasteiger partial charge in [0.1, 0.15) is 5.82 Å². The Morgan fingerprint density at radius 1 is 1.29 bits per heavy atom. The molecule has 1 aliphatic heterocycles. The Hall–Kier alpha value is -1.09. The first-order valence-electron chi connectivity index (χ1n) is 8.46. The van der Waals surface area contributed by atoms with Crippen LogP contribution in [0.1, 0.15) is 51.8 Å². The number of nitrogens with zero attached hydrogens (tertiary/aromatic N) is 2. The number of pyridine rings is 1. The van der Waals surface area contributed by atoms with E-state index in [0.717, 1.165) is 43.0 Å². The fourth-order valence-corrected chi connectivity index (χ4v) is 3.40. The Morgan fingerprint density at radius 2 is 2.05 bits per heavy atom. The Morgan fingerprint density at radius 3 is 2.76 bits per heavy atom. The van der Waals surface area contributed by atoms with Gasteiger partial charge in [-0.1, -0.05) is 20.8 Å². The summed E-state index contributed by atoms with van der Waals surface area (Å²) in [6.45, 7) is 14.5. The van der Waals surface area contributed by atoms with Gasteiger partial charge >= 0.3 is 0 Å². The number of piperidine rings is 1. The highest BCUT2D eigenvalue weighted by molar-refractivity contribution is 5.44. The topological polar surface area (TPSA) is 28.2 Å². The minimum atomic E-state index is 0.576. The molecule has 0 aliphatic carbocycles. The molecule has 0 bridgehead atoms. The minimum Gasteiger partial charge on any atom is -0.353 e. The molecular weight excluding hydrogens is 258 g/mol. The van der Waals surface area contributed by atoms with E-state index in [1.165, 1.54) is 18.4 Å². The van der Waals surface area contributed by atoms with Gasteiger partial charge in [-0.2, -0.15) is 0 Å². The molecule has 1 saturated heterocycles. The van der Waals surface area contributed by atoms with Crippen molar-refractivity contribution in [2.45, 2.75) is 60.0 Å². The smallest absolute Gasteiger partial charge is 0.129 e. The van der Waals surface area contributed by atoms with Crippen molar-refractivity contribution < 1.29 is 0 Å². The summed E-state index contributed by atoms with van der Waals surface area (Å²) < 4.78 is 0. The molecule has 3 nitrogen and oxygen atoms in total. The van der Waals surface area contributed by atoms with E-state index in [0.29, 0.717) is 6.04 Å². The van der Waals surface area contributed by atoms with Gasteiger partial charge in [-0.25, -0.2) is 4.98 Å². The lowest BCUT2D eigenvalue weighted by Gasteiger charge is -2.42. The van der Waals surface area contributed by atoms with Crippen LogP contribution in [0.15, 0.2) is 12.1 Å². The zero-order valence-electron chi connectivity index (χ0n) is 14.3. The fourth-order valence-electron chi connectivity index (χ4n) is 3.40. The Labute approximate surface area is 130 Å². The first-order chi connectivity index (χ1) is 10.0. The summed E-state index contributed by atoms with van der Waals surface area (Å²) in [4.78, 5) is 7.31.